The van der Waals surface area contributed by atoms with Crippen molar-refractivity contribution in [2.75, 3.05) is 12.8 Å². The van der Waals surface area contributed by atoms with Gasteiger partial charge in [0.15, 0.2) is 5.82 Å². The standard InChI is InChI=1S/C21H20N6O2/c1-29-16-4-2-3-13-17(16)25-21(23)27-19(13)26-18(22)15-8-14(15)10-5-6-12-11(7-10)9-24-20(12)28/h2-7,14-15H,8-9H2,1H3,(H,24,28)(H4,22,23,25,26,27). The summed E-state index contributed by atoms with van der Waals surface area (Å²) in [7, 11) is 1.58. The molecule has 1 saturated carbocycles. The first-order chi connectivity index (χ1) is 14.0. The van der Waals surface area contributed by atoms with Crippen molar-refractivity contribution in [3.8, 4) is 5.75 Å². The van der Waals surface area contributed by atoms with Crippen LogP contribution >= 0.6 is 0 Å². The molecule has 0 saturated heterocycles. The van der Waals surface area contributed by atoms with E-state index in [4.69, 9.17) is 16.2 Å². The van der Waals surface area contributed by atoms with Crippen molar-refractivity contribution in [3.63, 3.8) is 0 Å². The first-order valence-electron chi connectivity index (χ1n) is 9.40. The predicted octanol–water partition coefficient (Wildman–Crippen LogP) is 2.26. The Balaban J connectivity index is 1.45. The summed E-state index contributed by atoms with van der Waals surface area (Å²) in [6, 6.07) is 11.5. The van der Waals surface area contributed by atoms with E-state index < -0.39 is 0 Å². The predicted molar refractivity (Wildman–Crippen MR) is 110 cm³/mol. The third kappa shape index (κ3) is 2.93. The van der Waals surface area contributed by atoms with Crippen LogP contribution in [0, 0.1) is 5.92 Å². The minimum atomic E-state index is -0.0105. The van der Waals surface area contributed by atoms with Crippen molar-refractivity contribution in [2.45, 2.75) is 18.9 Å². The average molecular weight is 388 g/mol. The number of ether oxygens (including phenoxy) is 1. The fourth-order valence-corrected chi connectivity index (χ4v) is 3.95. The maximum atomic E-state index is 11.7. The lowest BCUT2D eigenvalue weighted by Crippen LogP contribution is -2.15. The van der Waals surface area contributed by atoms with Crippen molar-refractivity contribution in [2.24, 2.45) is 16.6 Å². The van der Waals surface area contributed by atoms with E-state index in [2.05, 4.69) is 26.3 Å². The Hall–Kier alpha value is -3.68. The molecule has 2 atom stereocenters. The van der Waals surface area contributed by atoms with Crippen molar-refractivity contribution >= 4 is 34.4 Å². The number of aromatic nitrogens is 2. The van der Waals surface area contributed by atoms with E-state index >= 15 is 0 Å². The lowest BCUT2D eigenvalue weighted by Gasteiger charge is -2.08. The number of amidine groups is 1. The number of hydrogen-bond acceptors (Lipinski definition) is 6. The van der Waals surface area contributed by atoms with E-state index in [1.165, 1.54) is 5.56 Å². The molecule has 1 aliphatic carbocycles. The average Bonchev–Trinajstić information content (AvgIpc) is 3.45. The molecule has 1 amide bonds. The Bertz CT molecular complexity index is 1190. The number of anilines is 1. The van der Waals surface area contributed by atoms with E-state index in [1.54, 1.807) is 7.11 Å². The lowest BCUT2D eigenvalue weighted by atomic mass is 10.0. The Morgan fingerprint density at radius 2 is 2.14 bits per heavy atom. The van der Waals surface area contributed by atoms with Crippen molar-refractivity contribution in [1.82, 2.24) is 15.3 Å². The maximum Gasteiger partial charge on any atom is 0.251 e. The molecule has 5 N–H and O–H groups in total. The van der Waals surface area contributed by atoms with Crippen molar-refractivity contribution in [1.29, 1.82) is 0 Å². The number of aliphatic imine (C=N–C) groups is 1. The second-order valence-electron chi connectivity index (χ2n) is 7.35. The van der Waals surface area contributed by atoms with Crippen LogP contribution in [0.5, 0.6) is 5.75 Å². The Kier molecular flexibility index (Phi) is 3.87. The number of nitrogens with one attached hydrogen (secondary N) is 1. The fraction of sp³-hybridized carbons (Fsp3) is 0.238. The Morgan fingerprint density at radius 3 is 2.97 bits per heavy atom. The van der Waals surface area contributed by atoms with Crippen LogP contribution in [0.2, 0.25) is 0 Å². The topological polar surface area (TPSA) is 129 Å². The summed E-state index contributed by atoms with van der Waals surface area (Å²) in [6.45, 7) is 0.580. The summed E-state index contributed by atoms with van der Waals surface area (Å²) in [4.78, 5) is 24.9. The Morgan fingerprint density at radius 1 is 1.28 bits per heavy atom. The van der Waals surface area contributed by atoms with E-state index in [-0.39, 0.29) is 17.8 Å². The second-order valence-corrected chi connectivity index (χ2v) is 7.35. The number of rotatable bonds is 4. The number of fused-ring (bicyclic) bond motifs is 2. The molecule has 5 rings (SSSR count). The van der Waals surface area contributed by atoms with Crippen LogP contribution in [-0.4, -0.2) is 28.8 Å². The normalized spacial score (nSPS) is 20.4. The minimum Gasteiger partial charge on any atom is -0.494 e. The molecule has 2 unspecified atom stereocenters. The molecule has 2 aromatic carbocycles. The third-order valence-corrected chi connectivity index (χ3v) is 5.55. The summed E-state index contributed by atoms with van der Waals surface area (Å²) < 4.78 is 5.37. The zero-order valence-corrected chi connectivity index (χ0v) is 15.8. The molecule has 1 aromatic heterocycles. The highest BCUT2D eigenvalue weighted by molar-refractivity contribution is 5.99. The van der Waals surface area contributed by atoms with Gasteiger partial charge in [0.25, 0.3) is 5.91 Å². The molecule has 146 valence electrons. The van der Waals surface area contributed by atoms with Gasteiger partial charge in [-0.3, -0.25) is 4.79 Å². The van der Waals surface area contributed by atoms with Crippen LogP contribution in [0.25, 0.3) is 10.9 Å². The highest BCUT2D eigenvalue weighted by Gasteiger charge is 2.42. The minimum absolute atomic E-state index is 0.0105. The van der Waals surface area contributed by atoms with Crippen LogP contribution in [0.3, 0.4) is 0 Å². The zero-order chi connectivity index (χ0) is 20.1. The van der Waals surface area contributed by atoms with Gasteiger partial charge in [-0.05, 0) is 41.7 Å². The number of nitrogen functional groups attached to an aromatic ring is 1. The lowest BCUT2D eigenvalue weighted by molar-refractivity contribution is 0.0965. The molecule has 2 heterocycles. The molecule has 0 radical (unpaired) electrons. The van der Waals surface area contributed by atoms with Gasteiger partial charge < -0.3 is 21.5 Å². The molecule has 1 fully saturated rings. The van der Waals surface area contributed by atoms with Gasteiger partial charge in [-0.15, -0.1) is 0 Å². The number of carbonyl (C=O) groups excluding carboxylic acids is 1. The SMILES string of the molecule is COc1cccc2c(N=C(N)C3CC3c3ccc4c(c3)CNC4=O)nc(N)nc12. The molecule has 0 bridgehead atoms. The van der Waals surface area contributed by atoms with E-state index in [0.717, 1.165) is 22.9 Å². The van der Waals surface area contributed by atoms with Crippen LogP contribution < -0.4 is 21.5 Å². The maximum absolute atomic E-state index is 11.7. The van der Waals surface area contributed by atoms with Gasteiger partial charge in [0.2, 0.25) is 5.95 Å². The van der Waals surface area contributed by atoms with E-state index in [1.807, 2.05) is 30.3 Å². The highest BCUT2D eigenvalue weighted by Crippen LogP contribution is 2.48. The van der Waals surface area contributed by atoms with Gasteiger partial charge in [-0.1, -0.05) is 18.2 Å². The first kappa shape index (κ1) is 17.4. The summed E-state index contributed by atoms with van der Waals surface area (Å²) in [5.41, 5.74) is 15.8. The molecule has 8 nitrogen and oxygen atoms in total. The van der Waals surface area contributed by atoms with Crippen LogP contribution in [-0.2, 0) is 6.54 Å². The van der Waals surface area contributed by atoms with E-state index in [0.29, 0.717) is 35.4 Å². The Labute approximate surface area is 167 Å². The molecule has 29 heavy (non-hydrogen) atoms. The van der Waals surface area contributed by atoms with Crippen LogP contribution in [0.1, 0.15) is 33.8 Å². The molecule has 2 aliphatic rings. The molecular formula is C21H20N6O2. The van der Waals surface area contributed by atoms with E-state index in [9.17, 15) is 4.79 Å². The van der Waals surface area contributed by atoms with Crippen molar-refractivity contribution in [3.05, 3.63) is 53.1 Å². The molecular weight excluding hydrogens is 368 g/mol. The quantitative estimate of drug-likeness (QED) is 0.464. The molecule has 0 spiro atoms. The number of benzene rings is 2. The largest absolute Gasteiger partial charge is 0.494 e. The summed E-state index contributed by atoms with van der Waals surface area (Å²) >= 11 is 0. The second kappa shape index (κ2) is 6.44. The third-order valence-electron chi connectivity index (χ3n) is 5.55. The number of nitrogens with two attached hydrogens (primary N) is 2. The van der Waals surface area contributed by atoms with Gasteiger partial charge in [0, 0.05) is 23.4 Å². The van der Waals surface area contributed by atoms with Gasteiger partial charge in [0.1, 0.15) is 17.1 Å². The smallest absolute Gasteiger partial charge is 0.251 e. The van der Waals surface area contributed by atoms with Gasteiger partial charge >= 0.3 is 0 Å². The van der Waals surface area contributed by atoms with Crippen molar-refractivity contribution < 1.29 is 9.53 Å². The first-order valence-corrected chi connectivity index (χ1v) is 9.40. The summed E-state index contributed by atoms with van der Waals surface area (Å²) in [5, 5.41) is 3.58. The summed E-state index contributed by atoms with van der Waals surface area (Å²) in [5.74, 6) is 2.11. The summed E-state index contributed by atoms with van der Waals surface area (Å²) in [6.07, 6.45) is 0.914. The number of para-hydroxylation sites is 1. The number of hydrogen-bond donors (Lipinski definition) is 3. The van der Waals surface area contributed by atoms with Gasteiger partial charge in [-0.2, -0.15) is 4.98 Å². The monoisotopic (exact) mass is 388 g/mol. The molecule has 8 heteroatoms. The highest BCUT2D eigenvalue weighted by atomic mass is 16.5. The van der Waals surface area contributed by atoms with Crippen LogP contribution in [0.15, 0.2) is 41.4 Å². The number of nitrogens with zero attached hydrogens (tertiary/aromatic N) is 3. The van der Waals surface area contributed by atoms with Gasteiger partial charge in [-0.25, -0.2) is 9.98 Å². The molecule has 3 aromatic rings. The molecule has 1 aliphatic heterocycles. The number of amides is 1. The fourth-order valence-electron chi connectivity index (χ4n) is 3.95. The zero-order valence-electron chi connectivity index (χ0n) is 15.8. The number of carbonyl (C=O) groups is 1. The number of methoxy groups -OCH3 is 1. The van der Waals surface area contributed by atoms with Crippen LogP contribution in [0.4, 0.5) is 11.8 Å². The van der Waals surface area contributed by atoms with Gasteiger partial charge in [0.05, 0.1) is 7.11 Å².